The first kappa shape index (κ1) is 23.1. The summed E-state index contributed by atoms with van der Waals surface area (Å²) in [5.41, 5.74) is 7.69. The second kappa shape index (κ2) is 11.0. The first-order valence-electron chi connectivity index (χ1n) is 8.11. The van der Waals surface area contributed by atoms with Crippen molar-refractivity contribution in [2.75, 3.05) is 20.3 Å². The van der Waals surface area contributed by atoms with Crippen LogP contribution in [0.4, 0.5) is 0 Å². The Morgan fingerprint density at radius 3 is 2.44 bits per heavy atom. The molecule has 27 heavy (non-hydrogen) atoms. The molecule has 0 aromatic heterocycles. The van der Waals surface area contributed by atoms with Crippen molar-refractivity contribution in [3.05, 3.63) is 65.2 Å². The van der Waals surface area contributed by atoms with E-state index in [1.165, 1.54) is 19.2 Å². The Kier molecular flexibility index (Phi) is 9.40. The van der Waals surface area contributed by atoms with Gasteiger partial charge in [0.2, 0.25) is 10.0 Å². The van der Waals surface area contributed by atoms with E-state index in [1.54, 1.807) is 36.4 Å². The molecule has 2 aromatic rings. The molecule has 4 N–H and O–H groups in total. The second-order valence-corrected chi connectivity index (χ2v) is 7.39. The average molecular weight is 414 g/mol. The third kappa shape index (κ3) is 6.93. The van der Waals surface area contributed by atoms with Crippen LogP contribution in [0.1, 0.15) is 21.5 Å². The molecule has 0 spiro atoms. The molecule has 0 aliphatic heterocycles. The number of halogens is 1. The maximum Gasteiger partial charge on any atom is 0.251 e. The van der Waals surface area contributed by atoms with Gasteiger partial charge in [0.25, 0.3) is 5.91 Å². The molecule has 9 heteroatoms. The lowest BCUT2D eigenvalue weighted by Crippen LogP contribution is -2.27. The van der Waals surface area contributed by atoms with E-state index in [9.17, 15) is 13.2 Å². The Morgan fingerprint density at radius 1 is 1.11 bits per heavy atom. The van der Waals surface area contributed by atoms with Gasteiger partial charge < -0.3 is 15.8 Å². The number of benzene rings is 2. The number of hydrogen-bond donors (Lipinski definition) is 3. The molecular formula is C18H24ClN3O4S. The smallest absolute Gasteiger partial charge is 0.251 e. The molecule has 0 radical (unpaired) electrons. The number of rotatable bonds is 9. The van der Waals surface area contributed by atoms with Crippen LogP contribution in [0.25, 0.3) is 0 Å². The monoisotopic (exact) mass is 413 g/mol. The minimum atomic E-state index is -3.61. The van der Waals surface area contributed by atoms with Gasteiger partial charge in [-0.15, -0.1) is 12.4 Å². The summed E-state index contributed by atoms with van der Waals surface area (Å²) in [5, 5.41) is 2.78. The van der Waals surface area contributed by atoms with Gasteiger partial charge in [0.1, 0.15) is 0 Å². The lowest BCUT2D eigenvalue weighted by Gasteiger charge is -2.09. The van der Waals surface area contributed by atoms with E-state index >= 15 is 0 Å². The van der Waals surface area contributed by atoms with Crippen molar-refractivity contribution in [3.63, 3.8) is 0 Å². The van der Waals surface area contributed by atoms with Crippen LogP contribution < -0.4 is 15.8 Å². The molecule has 2 rings (SSSR count). The van der Waals surface area contributed by atoms with Crippen LogP contribution in [0.15, 0.2) is 53.4 Å². The summed E-state index contributed by atoms with van der Waals surface area (Å²) < 4.78 is 31.7. The molecular weight excluding hydrogens is 390 g/mol. The topological polar surface area (TPSA) is 111 Å². The Hall–Kier alpha value is -1.97. The minimum Gasteiger partial charge on any atom is -0.383 e. The molecule has 148 valence electrons. The molecule has 0 fully saturated rings. The van der Waals surface area contributed by atoms with E-state index in [0.29, 0.717) is 17.7 Å². The number of sulfonamides is 1. The molecule has 0 heterocycles. The number of carbonyl (C=O) groups is 1. The van der Waals surface area contributed by atoms with Gasteiger partial charge in [-0.3, -0.25) is 4.79 Å². The van der Waals surface area contributed by atoms with Crippen LogP contribution in [0.3, 0.4) is 0 Å². The van der Waals surface area contributed by atoms with Gasteiger partial charge in [0.05, 0.1) is 11.5 Å². The van der Waals surface area contributed by atoms with E-state index in [1.807, 2.05) is 0 Å². The Morgan fingerprint density at radius 2 is 1.81 bits per heavy atom. The Bertz CT molecular complexity index is 842. The van der Waals surface area contributed by atoms with E-state index in [0.717, 1.165) is 5.56 Å². The summed E-state index contributed by atoms with van der Waals surface area (Å²) in [6.45, 7) is 1.12. The highest BCUT2D eigenvalue weighted by Gasteiger charge is 2.14. The minimum absolute atomic E-state index is 0. The number of carbonyl (C=O) groups excluding carboxylic acids is 1. The molecule has 0 saturated carbocycles. The summed E-state index contributed by atoms with van der Waals surface area (Å²) in [5.74, 6) is -0.236. The number of hydrogen-bond acceptors (Lipinski definition) is 5. The molecule has 0 bridgehead atoms. The van der Waals surface area contributed by atoms with Gasteiger partial charge >= 0.3 is 0 Å². The van der Waals surface area contributed by atoms with E-state index in [4.69, 9.17) is 10.5 Å². The zero-order valence-corrected chi connectivity index (χ0v) is 16.6. The first-order chi connectivity index (χ1) is 12.5. The highest BCUT2D eigenvalue weighted by atomic mass is 35.5. The third-order valence-electron chi connectivity index (χ3n) is 3.71. The number of amides is 1. The zero-order chi connectivity index (χ0) is 19.0. The number of nitrogens with one attached hydrogen (secondary N) is 2. The lowest BCUT2D eigenvalue weighted by molar-refractivity contribution is 0.0951. The van der Waals surface area contributed by atoms with Gasteiger partial charge in [-0.05, 0) is 35.4 Å². The number of ether oxygens (including phenoxy) is 1. The molecule has 0 aliphatic rings. The van der Waals surface area contributed by atoms with E-state index in [-0.39, 0.29) is 42.9 Å². The highest BCUT2D eigenvalue weighted by molar-refractivity contribution is 7.89. The predicted molar refractivity (Wildman–Crippen MR) is 106 cm³/mol. The van der Waals surface area contributed by atoms with Crippen molar-refractivity contribution >= 4 is 28.3 Å². The van der Waals surface area contributed by atoms with Gasteiger partial charge in [0, 0.05) is 32.3 Å². The lowest BCUT2D eigenvalue weighted by atomic mass is 10.1. The first-order valence-corrected chi connectivity index (χ1v) is 9.59. The summed E-state index contributed by atoms with van der Waals surface area (Å²) in [4.78, 5) is 12.3. The van der Waals surface area contributed by atoms with Crippen LogP contribution in [-0.4, -0.2) is 34.6 Å². The van der Waals surface area contributed by atoms with Crippen molar-refractivity contribution in [3.8, 4) is 0 Å². The maximum atomic E-state index is 12.2. The quantitative estimate of drug-likeness (QED) is 0.538. The highest BCUT2D eigenvalue weighted by Crippen LogP contribution is 2.12. The third-order valence-corrected chi connectivity index (χ3v) is 5.17. The fourth-order valence-corrected chi connectivity index (χ4v) is 3.34. The largest absolute Gasteiger partial charge is 0.383 e. The summed E-state index contributed by atoms with van der Waals surface area (Å²) in [6.07, 6.45) is 0. The van der Waals surface area contributed by atoms with Gasteiger partial charge in [-0.2, -0.15) is 0 Å². The molecule has 0 aliphatic carbocycles. The molecule has 2 aromatic carbocycles. The van der Waals surface area contributed by atoms with Crippen molar-refractivity contribution in [2.24, 2.45) is 5.73 Å². The zero-order valence-electron chi connectivity index (χ0n) is 15.0. The second-order valence-electron chi connectivity index (χ2n) is 5.62. The fourth-order valence-electron chi connectivity index (χ4n) is 2.26. The standard InChI is InChI=1S/C18H23N3O4S.ClH/c1-25-10-9-21-26(23,24)17-4-2-3-15(11-17)13-20-18(22)16-7-5-14(12-19)6-8-16;/h2-8,11,21H,9-10,12-13,19H2,1H3,(H,20,22);1H. The Labute approximate surface area is 165 Å². The van der Waals surface area contributed by atoms with Crippen LogP contribution in [0.2, 0.25) is 0 Å². The van der Waals surface area contributed by atoms with Crippen LogP contribution in [0, 0.1) is 0 Å². The summed E-state index contributed by atoms with van der Waals surface area (Å²) in [6, 6.07) is 13.4. The van der Waals surface area contributed by atoms with Crippen molar-refractivity contribution in [2.45, 2.75) is 18.0 Å². The molecule has 0 saturated heterocycles. The van der Waals surface area contributed by atoms with Crippen LogP contribution in [-0.2, 0) is 27.8 Å². The van der Waals surface area contributed by atoms with E-state index < -0.39 is 10.0 Å². The fraction of sp³-hybridized carbons (Fsp3) is 0.278. The van der Waals surface area contributed by atoms with Crippen molar-refractivity contribution in [1.29, 1.82) is 0 Å². The molecule has 0 unspecified atom stereocenters. The van der Waals surface area contributed by atoms with Gasteiger partial charge in [0.15, 0.2) is 0 Å². The van der Waals surface area contributed by atoms with Crippen LogP contribution in [0.5, 0.6) is 0 Å². The molecule has 1 amide bonds. The normalized spacial score (nSPS) is 10.9. The van der Waals surface area contributed by atoms with Crippen molar-refractivity contribution in [1.82, 2.24) is 10.0 Å². The van der Waals surface area contributed by atoms with Crippen LogP contribution >= 0.6 is 12.4 Å². The maximum absolute atomic E-state index is 12.2. The summed E-state index contributed by atoms with van der Waals surface area (Å²) >= 11 is 0. The van der Waals surface area contributed by atoms with Crippen molar-refractivity contribution < 1.29 is 17.9 Å². The predicted octanol–water partition coefficient (Wildman–Crippen LogP) is 1.42. The summed E-state index contributed by atoms with van der Waals surface area (Å²) in [7, 11) is -2.11. The Balaban J connectivity index is 0.00000364. The number of methoxy groups -OCH3 is 1. The van der Waals surface area contributed by atoms with E-state index in [2.05, 4.69) is 10.0 Å². The van der Waals surface area contributed by atoms with Gasteiger partial charge in [-0.25, -0.2) is 13.1 Å². The van der Waals surface area contributed by atoms with Gasteiger partial charge in [-0.1, -0.05) is 24.3 Å². The number of nitrogens with two attached hydrogens (primary N) is 1. The average Bonchev–Trinajstić information content (AvgIpc) is 2.66. The SMILES string of the molecule is COCCNS(=O)(=O)c1cccc(CNC(=O)c2ccc(CN)cc2)c1.Cl. The molecule has 0 atom stereocenters. The molecule has 7 nitrogen and oxygen atoms in total.